The van der Waals surface area contributed by atoms with Gasteiger partial charge in [0.05, 0.1) is 6.04 Å². The van der Waals surface area contributed by atoms with Gasteiger partial charge in [-0.2, -0.15) is 4.90 Å². The van der Waals surface area contributed by atoms with Crippen molar-refractivity contribution in [3.05, 3.63) is 0 Å². The van der Waals surface area contributed by atoms with Crippen molar-refractivity contribution in [3.8, 4) is 0 Å². The van der Waals surface area contributed by atoms with Crippen LogP contribution < -0.4 is 4.90 Å². The summed E-state index contributed by atoms with van der Waals surface area (Å²) in [5, 5.41) is 0. The van der Waals surface area contributed by atoms with Crippen LogP contribution in [0.5, 0.6) is 0 Å². The van der Waals surface area contributed by atoms with Crippen LogP contribution in [0.3, 0.4) is 0 Å². The van der Waals surface area contributed by atoms with Gasteiger partial charge in [-0.05, 0) is 19.5 Å². The average molecular weight is 168 g/mol. The number of rotatable bonds is 2. The molecule has 0 N–H and O–H groups in total. The lowest BCUT2D eigenvalue weighted by molar-refractivity contribution is 0.0657. The van der Waals surface area contributed by atoms with E-state index in [1.165, 1.54) is 39.0 Å². The van der Waals surface area contributed by atoms with Crippen LogP contribution in [-0.4, -0.2) is 44.2 Å². The van der Waals surface area contributed by atoms with E-state index in [0.29, 0.717) is 0 Å². The van der Waals surface area contributed by atoms with Gasteiger partial charge in [-0.25, -0.2) is 0 Å². The van der Waals surface area contributed by atoms with Crippen molar-refractivity contribution in [1.29, 1.82) is 0 Å². The Morgan fingerprint density at radius 1 is 1.33 bits per heavy atom. The van der Waals surface area contributed by atoms with Crippen LogP contribution >= 0.6 is 0 Å². The van der Waals surface area contributed by atoms with Crippen LogP contribution in [0.15, 0.2) is 0 Å². The number of nitrogens with zero attached hydrogens (tertiary/aromatic N) is 2. The van der Waals surface area contributed by atoms with E-state index in [-0.39, 0.29) is 0 Å². The third-order valence-corrected chi connectivity index (χ3v) is 3.69. The Bertz CT molecular complexity index is 150. The van der Waals surface area contributed by atoms with Crippen molar-refractivity contribution in [2.45, 2.75) is 25.8 Å². The number of likely N-dealkylation sites (N-methyl/N-ethyl adjacent to an activating group) is 1. The first kappa shape index (κ1) is 8.52. The van der Waals surface area contributed by atoms with E-state index in [2.05, 4.69) is 23.8 Å². The zero-order valence-electron chi connectivity index (χ0n) is 8.29. The summed E-state index contributed by atoms with van der Waals surface area (Å²) < 4.78 is 0. The Kier molecular flexibility index (Phi) is 2.37. The molecule has 3 fully saturated rings. The predicted molar refractivity (Wildman–Crippen MR) is 51.6 cm³/mol. The number of piperidine rings is 3. The highest BCUT2D eigenvalue weighted by Gasteiger charge is 2.41. The van der Waals surface area contributed by atoms with Gasteiger partial charge >= 0.3 is 0 Å². The van der Waals surface area contributed by atoms with Gasteiger partial charge in [0, 0.05) is 12.8 Å². The van der Waals surface area contributed by atoms with Crippen LogP contribution in [0.4, 0.5) is 0 Å². The van der Waals surface area contributed by atoms with Crippen LogP contribution in [0.25, 0.3) is 0 Å². The van der Waals surface area contributed by atoms with Gasteiger partial charge in [0.1, 0.15) is 19.6 Å². The summed E-state index contributed by atoms with van der Waals surface area (Å²) in [7, 11) is 2.27. The zero-order chi connectivity index (χ0) is 8.55. The molecule has 2 heteroatoms. The summed E-state index contributed by atoms with van der Waals surface area (Å²) >= 11 is 0. The molecule has 3 saturated heterocycles. The molecule has 0 aromatic rings. The van der Waals surface area contributed by atoms with Crippen LogP contribution in [0, 0.1) is 5.92 Å². The fraction of sp³-hybridized carbons (Fsp3) is 1.00. The molecule has 3 aliphatic rings. The quantitative estimate of drug-likeness (QED) is 0.556. The number of hydrogen-bond donors (Lipinski definition) is 0. The Balaban J connectivity index is 1.99. The maximum atomic E-state index is 2.62. The van der Waals surface area contributed by atoms with E-state index < -0.39 is 0 Å². The molecule has 0 aromatic carbocycles. The van der Waals surface area contributed by atoms with Gasteiger partial charge in [-0.15, -0.1) is 0 Å². The number of fused-ring (bicyclic) bond motifs is 3. The second-order valence-electron chi connectivity index (χ2n) is 4.28. The average Bonchev–Trinajstić information content (AvgIpc) is 2.18. The van der Waals surface area contributed by atoms with Gasteiger partial charge in [-0.1, -0.05) is 6.92 Å². The molecule has 1 radical (unpaired) electrons. The second-order valence-corrected chi connectivity index (χ2v) is 4.28. The number of hydrogen-bond acceptors (Lipinski definition) is 2. The first-order valence-corrected chi connectivity index (χ1v) is 5.24. The van der Waals surface area contributed by atoms with E-state index in [4.69, 9.17) is 0 Å². The van der Waals surface area contributed by atoms with Crippen molar-refractivity contribution in [2.75, 3.05) is 33.2 Å². The van der Waals surface area contributed by atoms with Crippen molar-refractivity contribution in [1.82, 2.24) is 9.80 Å². The van der Waals surface area contributed by atoms with Gasteiger partial charge in [0.15, 0.2) is 0 Å². The highest BCUT2D eigenvalue weighted by Crippen LogP contribution is 2.28. The minimum atomic E-state index is 0.859. The molecule has 69 valence electrons. The van der Waals surface area contributed by atoms with Gasteiger partial charge in [0.25, 0.3) is 0 Å². The minimum Gasteiger partial charge on any atom is -0.298 e. The topological polar surface area (TPSA) is 9.14 Å². The molecule has 3 rings (SSSR count). The standard InChI is InChI=1S/C10H20N2/c1-3-11(2)10-8-12-6-4-9(10)5-7-12/h9-10H,3-8H2,1-2H3/q+1. The van der Waals surface area contributed by atoms with Gasteiger partial charge in [0.2, 0.25) is 0 Å². The fourth-order valence-corrected chi connectivity index (χ4v) is 2.67. The molecule has 12 heavy (non-hydrogen) atoms. The molecule has 2 bridgehead atoms. The van der Waals surface area contributed by atoms with Crippen molar-refractivity contribution in [2.24, 2.45) is 5.92 Å². The van der Waals surface area contributed by atoms with E-state index in [1.807, 2.05) is 0 Å². The van der Waals surface area contributed by atoms with E-state index in [1.54, 1.807) is 0 Å². The summed E-state index contributed by atoms with van der Waals surface area (Å²) in [6, 6.07) is 0.859. The SMILES string of the molecule is CCN(C)C1C[N+]2CCC1CC2. The Labute approximate surface area is 75.5 Å². The molecule has 0 amide bonds. The maximum absolute atomic E-state index is 2.62. The van der Waals surface area contributed by atoms with Gasteiger partial charge in [-0.3, -0.25) is 4.90 Å². The molecule has 1 atom stereocenters. The molecule has 0 aliphatic carbocycles. The van der Waals surface area contributed by atoms with Crippen molar-refractivity contribution in [3.63, 3.8) is 0 Å². The third-order valence-electron chi connectivity index (χ3n) is 3.69. The van der Waals surface area contributed by atoms with E-state index in [9.17, 15) is 0 Å². The van der Waals surface area contributed by atoms with Crippen LogP contribution in [0.1, 0.15) is 19.8 Å². The Morgan fingerprint density at radius 3 is 2.42 bits per heavy atom. The minimum absolute atomic E-state index is 0.859. The molecule has 3 heterocycles. The molecule has 3 aliphatic heterocycles. The lowest BCUT2D eigenvalue weighted by atomic mass is 9.83. The van der Waals surface area contributed by atoms with Crippen LogP contribution in [-0.2, 0) is 0 Å². The lowest BCUT2D eigenvalue weighted by Gasteiger charge is -2.41. The molecule has 2 nitrogen and oxygen atoms in total. The summed E-state index contributed by atoms with van der Waals surface area (Å²) in [6.07, 6.45) is 2.88. The molecule has 1 unspecified atom stereocenters. The summed E-state index contributed by atoms with van der Waals surface area (Å²) in [4.78, 5) is 5.15. The smallest absolute Gasteiger partial charge is 0.138 e. The molecule has 0 spiro atoms. The molecular weight excluding hydrogens is 148 g/mol. The van der Waals surface area contributed by atoms with Crippen molar-refractivity contribution >= 4 is 0 Å². The van der Waals surface area contributed by atoms with E-state index >= 15 is 0 Å². The highest BCUT2D eigenvalue weighted by atomic mass is 15.2. The first-order valence-electron chi connectivity index (χ1n) is 5.24. The normalized spacial score (nSPS) is 40.8. The monoisotopic (exact) mass is 168 g/mol. The molecule has 0 saturated carbocycles. The fourth-order valence-electron chi connectivity index (χ4n) is 2.67. The molecule has 0 aromatic heterocycles. The first-order chi connectivity index (χ1) is 5.81. The maximum Gasteiger partial charge on any atom is 0.138 e. The second kappa shape index (κ2) is 3.35. The van der Waals surface area contributed by atoms with E-state index in [0.717, 1.165) is 12.0 Å². The van der Waals surface area contributed by atoms with Crippen molar-refractivity contribution < 1.29 is 0 Å². The Morgan fingerprint density at radius 2 is 2.00 bits per heavy atom. The third kappa shape index (κ3) is 1.38. The highest BCUT2D eigenvalue weighted by molar-refractivity contribution is 4.93. The summed E-state index contributed by atoms with van der Waals surface area (Å²) in [6.45, 7) is 7.51. The van der Waals surface area contributed by atoms with Gasteiger partial charge < -0.3 is 0 Å². The Hall–Kier alpha value is -0.0800. The summed E-state index contributed by atoms with van der Waals surface area (Å²) in [5.41, 5.74) is 0. The predicted octanol–water partition coefficient (Wildman–Crippen LogP) is 0.870. The molecular formula is C10H20N2+. The summed E-state index contributed by atoms with van der Waals surface area (Å²) in [5.74, 6) is 1.000. The lowest BCUT2D eigenvalue weighted by Crippen LogP contribution is -2.59. The van der Waals surface area contributed by atoms with Crippen LogP contribution in [0.2, 0.25) is 0 Å². The largest absolute Gasteiger partial charge is 0.298 e. The zero-order valence-corrected chi connectivity index (χ0v) is 8.29.